The van der Waals surface area contributed by atoms with E-state index < -0.39 is 0 Å². The summed E-state index contributed by atoms with van der Waals surface area (Å²) in [4.78, 5) is 19.6. The molecule has 0 bridgehead atoms. The number of benzene rings is 2. The zero-order valence-corrected chi connectivity index (χ0v) is 17.4. The Labute approximate surface area is 180 Å². The summed E-state index contributed by atoms with van der Waals surface area (Å²) in [6.07, 6.45) is -0.354. The van der Waals surface area contributed by atoms with Crippen LogP contribution in [0.2, 0.25) is 5.02 Å². The molecular formula is C20H16ClN5O3S. The van der Waals surface area contributed by atoms with E-state index in [0.717, 1.165) is 5.75 Å². The zero-order valence-electron chi connectivity index (χ0n) is 15.8. The van der Waals surface area contributed by atoms with E-state index in [1.807, 2.05) is 35.9 Å². The number of halogens is 1. The van der Waals surface area contributed by atoms with Gasteiger partial charge in [-0.3, -0.25) is 4.79 Å². The number of rotatable bonds is 4. The molecule has 4 aromatic rings. The molecule has 0 spiro atoms. The second-order valence-electron chi connectivity index (χ2n) is 6.73. The van der Waals surface area contributed by atoms with Gasteiger partial charge in [-0.25, -0.2) is 4.98 Å². The molecule has 0 fully saturated rings. The van der Waals surface area contributed by atoms with Gasteiger partial charge in [0.25, 0.3) is 5.56 Å². The Kier molecular flexibility index (Phi) is 4.84. The Hall–Kier alpha value is -3.04. The van der Waals surface area contributed by atoms with Crippen molar-refractivity contribution in [3.8, 4) is 11.5 Å². The number of thioether (sulfide) groups is 1. The number of aromatic nitrogens is 5. The summed E-state index contributed by atoms with van der Waals surface area (Å²) in [7, 11) is 1.87. The van der Waals surface area contributed by atoms with Gasteiger partial charge in [0, 0.05) is 12.1 Å². The lowest BCUT2D eigenvalue weighted by Gasteiger charge is -2.25. The maximum atomic E-state index is 12.3. The summed E-state index contributed by atoms with van der Waals surface area (Å²) < 4.78 is 13.7. The Morgan fingerprint density at radius 1 is 1.23 bits per heavy atom. The number of H-pyrrole nitrogens is 1. The molecule has 152 valence electrons. The van der Waals surface area contributed by atoms with Crippen LogP contribution in [0, 0.1) is 0 Å². The van der Waals surface area contributed by atoms with Crippen LogP contribution in [0.5, 0.6) is 11.5 Å². The molecule has 1 unspecified atom stereocenters. The average molecular weight is 442 g/mol. The van der Waals surface area contributed by atoms with E-state index in [2.05, 4.69) is 20.2 Å². The van der Waals surface area contributed by atoms with Crippen molar-refractivity contribution in [3.63, 3.8) is 0 Å². The van der Waals surface area contributed by atoms with Crippen molar-refractivity contribution in [2.45, 2.75) is 17.0 Å². The highest BCUT2D eigenvalue weighted by Gasteiger charge is 2.27. The zero-order chi connectivity index (χ0) is 20.7. The molecule has 1 aliphatic rings. The topological polar surface area (TPSA) is 94.9 Å². The van der Waals surface area contributed by atoms with Gasteiger partial charge in [0.15, 0.2) is 28.6 Å². The van der Waals surface area contributed by atoms with E-state index in [1.54, 1.807) is 18.2 Å². The first-order chi connectivity index (χ1) is 14.6. The fourth-order valence-corrected chi connectivity index (χ4v) is 4.20. The van der Waals surface area contributed by atoms with Gasteiger partial charge in [0.1, 0.15) is 12.4 Å². The molecule has 1 aliphatic heterocycles. The molecule has 0 saturated carbocycles. The molecule has 1 N–H and O–H groups in total. The molecule has 3 heterocycles. The van der Waals surface area contributed by atoms with E-state index in [1.165, 1.54) is 11.8 Å². The van der Waals surface area contributed by atoms with Crippen LogP contribution < -0.4 is 15.0 Å². The van der Waals surface area contributed by atoms with E-state index in [-0.39, 0.29) is 11.7 Å². The largest absolute Gasteiger partial charge is 0.485 e. The first-order valence-corrected chi connectivity index (χ1v) is 10.5. The monoisotopic (exact) mass is 441 g/mol. The Bertz CT molecular complexity index is 1310. The van der Waals surface area contributed by atoms with Crippen molar-refractivity contribution in [1.29, 1.82) is 0 Å². The van der Waals surface area contributed by atoms with Gasteiger partial charge in [0.2, 0.25) is 0 Å². The number of nitrogens with one attached hydrogen (secondary N) is 1. The summed E-state index contributed by atoms with van der Waals surface area (Å²) >= 11 is 7.44. The number of nitrogens with zero attached hydrogens (tertiary/aromatic N) is 4. The van der Waals surface area contributed by atoms with Gasteiger partial charge in [-0.05, 0) is 30.3 Å². The molecule has 0 saturated heterocycles. The molecule has 0 amide bonds. The molecule has 30 heavy (non-hydrogen) atoms. The van der Waals surface area contributed by atoms with Crippen molar-refractivity contribution in [3.05, 3.63) is 69.5 Å². The van der Waals surface area contributed by atoms with Gasteiger partial charge in [-0.15, -0.1) is 10.2 Å². The summed E-state index contributed by atoms with van der Waals surface area (Å²) in [6, 6.07) is 12.5. The predicted molar refractivity (Wildman–Crippen MR) is 113 cm³/mol. The van der Waals surface area contributed by atoms with Crippen molar-refractivity contribution < 1.29 is 9.47 Å². The van der Waals surface area contributed by atoms with Gasteiger partial charge in [-0.2, -0.15) is 0 Å². The Morgan fingerprint density at radius 2 is 2.07 bits per heavy atom. The standard InChI is InChI=1S/C20H16ClN5O3S/c1-26-18(16-9-28-14-4-2-3-5-15(14)29-16)24-25-20(26)30-10-17-22-13-8-11(21)6-7-12(13)19(27)23-17/h2-8,16H,9-10H2,1H3,(H,22,23,27). The molecule has 0 radical (unpaired) electrons. The number of aromatic amines is 1. The highest BCUT2D eigenvalue weighted by molar-refractivity contribution is 7.98. The van der Waals surface area contributed by atoms with E-state index in [0.29, 0.717) is 50.8 Å². The van der Waals surface area contributed by atoms with E-state index in [9.17, 15) is 4.79 Å². The third-order valence-corrected chi connectivity index (χ3v) is 5.99. The summed E-state index contributed by atoms with van der Waals surface area (Å²) in [5.41, 5.74) is 0.365. The number of para-hydroxylation sites is 2. The lowest BCUT2D eigenvalue weighted by atomic mass is 10.2. The quantitative estimate of drug-likeness (QED) is 0.484. The molecule has 1 atom stereocenters. The van der Waals surface area contributed by atoms with Crippen LogP contribution in [0.3, 0.4) is 0 Å². The normalized spacial score (nSPS) is 15.5. The average Bonchev–Trinajstić information content (AvgIpc) is 3.12. The maximum absolute atomic E-state index is 12.3. The second-order valence-corrected chi connectivity index (χ2v) is 8.11. The highest BCUT2D eigenvalue weighted by atomic mass is 35.5. The van der Waals surface area contributed by atoms with E-state index in [4.69, 9.17) is 21.1 Å². The van der Waals surface area contributed by atoms with E-state index >= 15 is 0 Å². The molecule has 2 aromatic carbocycles. The second kappa shape index (κ2) is 7.66. The van der Waals surface area contributed by atoms with Crippen LogP contribution in [-0.2, 0) is 12.8 Å². The summed E-state index contributed by atoms with van der Waals surface area (Å²) in [5, 5.41) is 10.3. The van der Waals surface area contributed by atoms with Crippen LogP contribution in [0.15, 0.2) is 52.4 Å². The minimum atomic E-state index is -0.354. The summed E-state index contributed by atoms with van der Waals surface area (Å²) in [5.74, 6) is 3.03. The number of fused-ring (bicyclic) bond motifs is 2. The lowest BCUT2D eigenvalue weighted by Crippen LogP contribution is -2.24. The van der Waals surface area contributed by atoms with Crippen LogP contribution in [-0.4, -0.2) is 31.3 Å². The minimum absolute atomic E-state index is 0.197. The smallest absolute Gasteiger partial charge is 0.258 e. The fourth-order valence-electron chi connectivity index (χ4n) is 3.24. The van der Waals surface area contributed by atoms with Gasteiger partial charge in [-0.1, -0.05) is 35.5 Å². The van der Waals surface area contributed by atoms with Crippen LogP contribution in [0.1, 0.15) is 17.8 Å². The maximum Gasteiger partial charge on any atom is 0.258 e. The van der Waals surface area contributed by atoms with Gasteiger partial charge < -0.3 is 19.0 Å². The van der Waals surface area contributed by atoms with Crippen molar-refractivity contribution in [2.75, 3.05) is 6.61 Å². The van der Waals surface area contributed by atoms with Gasteiger partial charge >= 0.3 is 0 Å². The Morgan fingerprint density at radius 3 is 2.93 bits per heavy atom. The summed E-state index contributed by atoms with van der Waals surface area (Å²) in [6.45, 7) is 0.355. The fraction of sp³-hybridized carbons (Fsp3) is 0.200. The highest BCUT2D eigenvalue weighted by Crippen LogP contribution is 2.36. The molecular weight excluding hydrogens is 426 g/mol. The van der Waals surface area contributed by atoms with Crippen LogP contribution >= 0.6 is 23.4 Å². The first-order valence-electron chi connectivity index (χ1n) is 9.17. The minimum Gasteiger partial charge on any atom is -0.485 e. The number of hydrogen-bond donors (Lipinski definition) is 1. The van der Waals surface area contributed by atoms with Crippen molar-refractivity contribution in [2.24, 2.45) is 7.05 Å². The first kappa shape index (κ1) is 19.0. The van der Waals surface area contributed by atoms with Gasteiger partial charge in [0.05, 0.1) is 16.7 Å². The third kappa shape index (κ3) is 3.50. The van der Waals surface area contributed by atoms with Crippen LogP contribution in [0.25, 0.3) is 10.9 Å². The molecule has 8 nitrogen and oxygen atoms in total. The molecule has 10 heteroatoms. The number of hydrogen-bond acceptors (Lipinski definition) is 7. The Balaban J connectivity index is 1.34. The number of ether oxygens (including phenoxy) is 2. The SMILES string of the molecule is Cn1c(SCc2nc3cc(Cl)ccc3c(=O)[nH]2)nnc1C1COc2ccccc2O1. The molecule has 2 aromatic heterocycles. The molecule has 5 rings (SSSR count). The molecule has 0 aliphatic carbocycles. The third-order valence-electron chi connectivity index (χ3n) is 4.72. The van der Waals surface area contributed by atoms with Crippen molar-refractivity contribution in [1.82, 2.24) is 24.7 Å². The van der Waals surface area contributed by atoms with Crippen LogP contribution in [0.4, 0.5) is 0 Å². The van der Waals surface area contributed by atoms with Crippen molar-refractivity contribution >= 4 is 34.3 Å². The predicted octanol–water partition coefficient (Wildman–Crippen LogP) is 3.51. The lowest BCUT2D eigenvalue weighted by molar-refractivity contribution is 0.0825.